The van der Waals surface area contributed by atoms with E-state index in [9.17, 15) is 4.21 Å². The Bertz CT molecular complexity index is 385. The van der Waals surface area contributed by atoms with Crippen LogP contribution < -0.4 is 0 Å². The Hall–Kier alpha value is -0.240. The predicted octanol–water partition coefficient (Wildman–Crippen LogP) is 2.01. The quantitative estimate of drug-likeness (QED) is 0.516. The normalized spacial score (nSPS) is 17.8. The van der Waals surface area contributed by atoms with Crippen LogP contribution in [0.3, 0.4) is 0 Å². The van der Waals surface area contributed by atoms with Crippen molar-refractivity contribution in [2.24, 2.45) is 0 Å². The molecule has 1 heterocycles. The second kappa shape index (κ2) is 3.87. The van der Waals surface area contributed by atoms with Crippen LogP contribution in [0.5, 0.6) is 0 Å². The van der Waals surface area contributed by atoms with Gasteiger partial charge in [-0.25, -0.2) is 19.0 Å². The molecule has 1 rings (SSSR count). The Morgan fingerprint density at radius 2 is 2.00 bits per heavy atom. The van der Waals surface area contributed by atoms with Crippen LogP contribution >= 0.6 is 22.6 Å². The monoisotopic (exact) mass is 311 g/mol. The molecule has 4 nitrogen and oxygen atoms in total. The summed E-state index contributed by atoms with van der Waals surface area (Å²) >= 11 is 2.24. The fourth-order valence-corrected chi connectivity index (χ4v) is 1.56. The number of hydrogen-bond acceptors (Lipinski definition) is 4. The number of halogens is 1. The topological polar surface area (TPSA) is 66.7 Å². The maximum Gasteiger partial charge on any atom is 0.226 e. The molecule has 1 aromatic heterocycles. The minimum absolute atomic E-state index is 0.105. The summed E-state index contributed by atoms with van der Waals surface area (Å²) in [5.74, 6) is 0. The van der Waals surface area contributed by atoms with Crippen LogP contribution in [0.15, 0.2) is 17.6 Å². The molecule has 0 radical (unpaired) electrons. The average Bonchev–Trinajstić information content (AvgIpc) is 2.03. The summed E-state index contributed by atoms with van der Waals surface area (Å²) in [6, 6.07) is 0. The highest BCUT2D eigenvalue weighted by molar-refractivity contribution is 14.1. The van der Waals surface area contributed by atoms with Gasteiger partial charge >= 0.3 is 0 Å². The van der Waals surface area contributed by atoms with Gasteiger partial charge in [0.2, 0.25) is 5.16 Å². The van der Waals surface area contributed by atoms with E-state index in [-0.39, 0.29) is 5.16 Å². The van der Waals surface area contributed by atoms with Crippen LogP contribution in [0.25, 0.3) is 0 Å². The Morgan fingerprint density at radius 1 is 1.54 bits per heavy atom. The third kappa shape index (κ3) is 2.87. The lowest BCUT2D eigenvalue weighted by atomic mass is 10.3. The fraction of sp³-hybridized carbons (Fsp3) is 0.429. The van der Waals surface area contributed by atoms with Crippen LogP contribution in [0.1, 0.15) is 16.4 Å². The van der Waals surface area contributed by atoms with E-state index < -0.39 is 9.73 Å². The standard InChI is InChI=1S/C7H10IN3OS/c1-5(8)6-3-10-7(11-4-6)13(2,9)12/h3-5,9H,1-2H3. The minimum atomic E-state index is -2.77. The SMILES string of the molecule is CC(I)c1cnc(S(C)(=N)=O)nc1. The molecule has 0 amide bonds. The molecule has 0 spiro atoms. The van der Waals surface area contributed by atoms with Crippen molar-refractivity contribution in [2.75, 3.05) is 6.26 Å². The third-order valence-electron chi connectivity index (χ3n) is 1.46. The van der Waals surface area contributed by atoms with E-state index in [2.05, 4.69) is 32.6 Å². The lowest BCUT2D eigenvalue weighted by Gasteiger charge is -2.03. The zero-order chi connectivity index (χ0) is 10.1. The van der Waals surface area contributed by atoms with Gasteiger partial charge in [0, 0.05) is 28.1 Å². The zero-order valence-electron chi connectivity index (χ0n) is 7.32. The lowest BCUT2D eigenvalue weighted by molar-refractivity contribution is 0.670. The van der Waals surface area contributed by atoms with Gasteiger partial charge in [0.25, 0.3) is 0 Å². The maximum absolute atomic E-state index is 11.2. The van der Waals surface area contributed by atoms with Crippen LogP contribution in [0.2, 0.25) is 0 Å². The second-order valence-corrected chi connectivity index (χ2v) is 6.68. The number of nitrogens with zero attached hydrogens (tertiary/aromatic N) is 2. The zero-order valence-corrected chi connectivity index (χ0v) is 10.3. The van der Waals surface area contributed by atoms with Gasteiger partial charge in [-0.3, -0.25) is 0 Å². The van der Waals surface area contributed by atoms with Crippen LogP contribution in [0, 0.1) is 4.78 Å². The second-order valence-electron chi connectivity index (χ2n) is 2.76. The van der Waals surface area contributed by atoms with E-state index in [0.29, 0.717) is 3.92 Å². The smallest absolute Gasteiger partial charge is 0.226 e. The Labute approximate surface area is 91.3 Å². The highest BCUT2D eigenvalue weighted by Gasteiger charge is 2.07. The maximum atomic E-state index is 11.2. The molecule has 13 heavy (non-hydrogen) atoms. The summed E-state index contributed by atoms with van der Waals surface area (Å²) in [5, 5.41) is 0.105. The molecule has 2 unspecified atom stereocenters. The van der Waals surface area contributed by atoms with Gasteiger partial charge in [0.05, 0.1) is 0 Å². The fourth-order valence-electron chi connectivity index (χ4n) is 0.733. The number of hydrogen-bond donors (Lipinski definition) is 1. The van der Waals surface area contributed by atoms with Gasteiger partial charge in [0.1, 0.15) is 9.73 Å². The first-order valence-corrected chi connectivity index (χ1v) is 6.82. The van der Waals surface area contributed by atoms with E-state index >= 15 is 0 Å². The van der Waals surface area contributed by atoms with Gasteiger partial charge in [-0.05, 0) is 6.92 Å². The van der Waals surface area contributed by atoms with Crippen LogP contribution in [0.4, 0.5) is 0 Å². The molecule has 0 saturated heterocycles. The Balaban J connectivity index is 3.08. The first kappa shape index (κ1) is 10.8. The molecule has 1 aromatic rings. The van der Waals surface area contributed by atoms with Crippen molar-refractivity contribution < 1.29 is 4.21 Å². The molecule has 2 atom stereocenters. The van der Waals surface area contributed by atoms with Gasteiger partial charge in [-0.15, -0.1) is 0 Å². The van der Waals surface area contributed by atoms with Crippen molar-refractivity contribution in [1.82, 2.24) is 9.97 Å². The molecule has 0 aromatic carbocycles. The highest BCUT2D eigenvalue weighted by atomic mass is 127. The summed E-state index contributed by atoms with van der Waals surface area (Å²) in [5.41, 5.74) is 0.980. The van der Waals surface area contributed by atoms with Crippen LogP contribution in [-0.2, 0) is 9.73 Å². The van der Waals surface area contributed by atoms with Crippen LogP contribution in [-0.4, -0.2) is 20.4 Å². The van der Waals surface area contributed by atoms with Crippen molar-refractivity contribution in [2.45, 2.75) is 16.0 Å². The molecule has 0 saturated carbocycles. The van der Waals surface area contributed by atoms with E-state index in [1.165, 1.54) is 6.26 Å². The van der Waals surface area contributed by atoms with Gasteiger partial charge in [-0.1, -0.05) is 22.6 Å². The summed E-state index contributed by atoms with van der Waals surface area (Å²) in [7, 11) is -2.77. The number of rotatable bonds is 2. The number of alkyl halides is 1. The van der Waals surface area contributed by atoms with Crippen molar-refractivity contribution in [3.63, 3.8) is 0 Å². The lowest BCUT2D eigenvalue weighted by Crippen LogP contribution is -2.02. The highest BCUT2D eigenvalue weighted by Crippen LogP contribution is 2.20. The van der Waals surface area contributed by atoms with Gasteiger partial charge in [-0.2, -0.15) is 0 Å². The van der Waals surface area contributed by atoms with E-state index in [1.807, 2.05) is 6.92 Å². The number of aromatic nitrogens is 2. The summed E-state index contributed by atoms with van der Waals surface area (Å²) in [6.45, 7) is 2.02. The summed E-state index contributed by atoms with van der Waals surface area (Å²) in [4.78, 5) is 7.78. The molecule has 0 aliphatic rings. The Morgan fingerprint density at radius 3 is 2.31 bits per heavy atom. The molecule has 6 heteroatoms. The molecule has 0 fully saturated rings. The Kier molecular flexibility index (Phi) is 3.23. The predicted molar refractivity (Wildman–Crippen MR) is 59.5 cm³/mol. The summed E-state index contributed by atoms with van der Waals surface area (Å²) < 4.78 is 18.8. The molecule has 0 aliphatic carbocycles. The largest absolute Gasteiger partial charge is 0.246 e. The van der Waals surface area contributed by atoms with Crippen molar-refractivity contribution in [3.05, 3.63) is 18.0 Å². The summed E-state index contributed by atoms with van der Waals surface area (Å²) in [6.07, 6.45) is 4.56. The van der Waals surface area contributed by atoms with Gasteiger partial charge < -0.3 is 0 Å². The first-order valence-electron chi connectivity index (χ1n) is 3.61. The minimum Gasteiger partial charge on any atom is -0.246 e. The molecular weight excluding hydrogens is 301 g/mol. The van der Waals surface area contributed by atoms with Crippen molar-refractivity contribution in [1.29, 1.82) is 4.78 Å². The average molecular weight is 311 g/mol. The van der Waals surface area contributed by atoms with E-state index in [0.717, 1.165) is 5.56 Å². The van der Waals surface area contributed by atoms with E-state index in [4.69, 9.17) is 4.78 Å². The number of nitrogens with one attached hydrogen (secondary N) is 1. The molecule has 0 bridgehead atoms. The van der Waals surface area contributed by atoms with Crippen molar-refractivity contribution in [3.8, 4) is 0 Å². The van der Waals surface area contributed by atoms with Crippen molar-refractivity contribution >= 4 is 32.3 Å². The third-order valence-corrected chi connectivity index (χ3v) is 3.08. The van der Waals surface area contributed by atoms with Gasteiger partial charge in [0.15, 0.2) is 0 Å². The molecule has 0 aliphatic heterocycles. The molecule has 72 valence electrons. The molecule has 1 N–H and O–H groups in total. The molecular formula is C7H10IN3OS. The van der Waals surface area contributed by atoms with E-state index in [1.54, 1.807) is 12.4 Å². The first-order chi connectivity index (χ1) is 5.91.